The summed E-state index contributed by atoms with van der Waals surface area (Å²) in [5.74, 6) is 2.00. The van der Waals surface area contributed by atoms with E-state index in [1.807, 2.05) is 0 Å². The van der Waals surface area contributed by atoms with Crippen LogP contribution in [-0.4, -0.2) is 50.3 Å². The number of aliphatic imine (C=N–C) groups is 1. The molecule has 4 fully saturated rings. The fraction of sp³-hybridized carbons (Fsp3) is 0.895. The summed E-state index contributed by atoms with van der Waals surface area (Å²) >= 11 is 0. The topological polar surface area (TPSA) is 74.8 Å². The predicted molar refractivity (Wildman–Crippen MR) is 97.4 cm³/mol. The molecule has 4 aliphatic rings. The van der Waals surface area contributed by atoms with Crippen LogP contribution >= 0.6 is 0 Å². The summed E-state index contributed by atoms with van der Waals surface area (Å²) < 4.78 is 6.07. The number of carbonyl (C=O) groups is 1. The van der Waals surface area contributed by atoms with Crippen molar-refractivity contribution in [1.29, 1.82) is 0 Å². The maximum atomic E-state index is 11.7. The van der Waals surface area contributed by atoms with E-state index in [9.17, 15) is 4.79 Å². The summed E-state index contributed by atoms with van der Waals surface area (Å²) in [5.41, 5.74) is 0.331. The Morgan fingerprint density at radius 1 is 1.20 bits per heavy atom. The van der Waals surface area contributed by atoms with Crippen LogP contribution in [0.15, 0.2) is 4.99 Å². The minimum absolute atomic E-state index is 0.197. The number of nitrogens with zero attached hydrogens (tertiary/aromatic N) is 1. The van der Waals surface area contributed by atoms with Crippen molar-refractivity contribution >= 4 is 11.9 Å². The SMILES string of the molecule is CCNC(=NCCNC(=O)C1CC1)NC1C2CCOC2C12CCCC2. The Kier molecular flexibility index (Phi) is 4.89. The minimum atomic E-state index is 0.197. The molecule has 6 heteroatoms. The van der Waals surface area contributed by atoms with E-state index in [-0.39, 0.29) is 11.8 Å². The summed E-state index contributed by atoms with van der Waals surface area (Å²) in [6, 6.07) is 0.487. The van der Waals surface area contributed by atoms with Crippen LogP contribution in [0.4, 0.5) is 0 Å². The number of ether oxygens (including phenoxy) is 1. The third kappa shape index (κ3) is 3.25. The lowest BCUT2D eigenvalue weighted by Gasteiger charge is -2.57. The van der Waals surface area contributed by atoms with E-state index in [2.05, 4.69) is 22.9 Å². The van der Waals surface area contributed by atoms with Crippen molar-refractivity contribution in [2.24, 2.45) is 22.2 Å². The highest BCUT2D eigenvalue weighted by molar-refractivity contribution is 5.81. The first-order valence-corrected chi connectivity index (χ1v) is 10.2. The average Bonchev–Trinajstić information content (AvgIpc) is 3.16. The molecule has 0 aromatic rings. The van der Waals surface area contributed by atoms with Gasteiger partial charge >= 0.3 is 0 Å². The summed E-state index contributed by atoms with van der Waals surface area (Å²) in [6.07, 6.45) is 8.94. The lowest BCUT2D eigenvalue weighted by atomic mass is 9.54. The van der Waals surface area contributed by atoms with Gasteiger partial charge < -0.3 is 20.7 Å². The first-order valence-electron chi connectivity index (χ1n) is 10.2. The van der Waals surface area contributed by atoms with Gasteiger partial charge in [-0.3, -0.25) is 9.79 Å². The highest BCUT2D eigenvalue weighted by atomic mass is 16.5. The van der Waals surface area contributed by atoms with E-state index < -0.39 is 0 Å². The Labute approximate surface area is 150 Å². The zero-order valence-corrected chi connectivity index (χ0v) is 15.4. The van der Waals surface area contributed by atoms with Crippen molar-refractivity contribution in [3.8, 4) is 0 Å². The fourth-order valence-electron chi connectivity index (χ4n) is 5.21. The molecule has 0 radical (unpaired) electrons. The number of fused-ring (bicyclic) bond motifs is 2. The van der Waals surface area contributed by atoms with Gasteiger partial charge in [0.05, 0.1) is 12.6 Å². The Hall–Kier alpha value is -1.30. The Bertz CT molecular complexity index is 526. The summed E-state index contributed by atoms with van der Waals surface area (Å²) in [6.45, 7) is 5.11. The van der Waals surface area contributed by atoms with E-state index in [0.29, 0.717) is 36.6 Å². The molecule has 0 bridgehead atoms. The van der Waals surface area contributed by atoms with E-state index in [4.69, 9.17) is 9.73 Å². The molecule has 1 spiro atoms. The smallest absolute Gasteiger partial charge is 0.223 e. The average molecular weight is 348 g/mol. The van der Waals surface area contributed by atoms with Gasteiger partial charge in [-0.05, 0) is 39.0 Å². The van der Waals surface area contributed by atoms with Crippen molar-refractivity contribution in [1.82, 2.24) is 16.0 Å². The molecule has 1 amide bonds. The Morgan fingerprint density at radius 3 is 2.72 bits per heavy atom. The van der Waals surface area contributed by atoms with Gasteiger partial charge in [0.2, 0.25) is 5.91 Å². The molecule has 1 saturated heterocycles. The van der Waals surface area contributed by atoms with Gasteiger partial charge in [-0.15, -0.1) is 0 Å². The van der Waals surface area contributed by atoms with Crippen molar-refractivity contribution in [2.45, 2.75) is 64.0 Å². The normalized spacial score (nSPS) is 33.0. The lowest BCUT2D eigenvalue weighted by molar-refractivity contribution is -0.125. The van der Waals surface area contributed by atoms with Crippen molar-refractivity contribution in [3.05, 3.63) is 0 Å². The van der Waals surface area contributed by atoms with Gasteiger partial charge in [-0.25, -0.2) is 0 Å². The van der Waals surface area contributed by atoms with Crippen LogP contribution in [-0.2, 0) is 9.53 Å². The molecular weight excluding hydrogens is 316 g/mol. The Morgan fingerprint density at radius 2 is 2.00 bits per heavy atom. The molecule has 6 nitrogen and oxygen atoms in total. The largest absolute Gasteiger partial charge is 0.377 e. The van der Waals surface area contributed by atoms with Crippen LogP contribution in [0.2, 0.25) is 0 Å². The molecule has 3 saturated carbocycles. The number of carbonyl (C=O) groups excluding carboxylic acids is 1. The van der Waals surface area contributed by atoms with Gasteiger partial charge in [0, 0.05) is 43.0 Å². The van der Waals surface area contributed by atoms with Gasteiger partial charge in [0.25, 0.3) is 0 Å². The number of guanidine groups is 1. The van der Waals surface area contributed by atoms with E-state index in [1.165, 1.54) is 32.1 Å². The van der Waals surface area contributed by atoms with Gasteiger partial charge in [-0.2, -0.15) is 0 Å². The second-order valence-electron chi connectivity index (χ2n) is 8.13. The highest BCUT2D eigenvalue weighted by Crippen LogP contribution is 2.60. The molecule has 1 aliphatic heterocycles. The van der Waals surface area contributed by atoms with Crippen LogP contribution in [0.5, 0.6) is 0 Å². The predicted octanol–water partition coefficient (Wildman–Crippen LogP) is 1.42. The molecule has 25 heavy (non-hydrogen) atoms. The molecule has 3 aliphatic carbocycles. The van der Waals surface area contributed by atoms with Crippen LogP contribution in [0.3, 0.4) is 0 Å². The molecule has 0 aromatic carbocycles. The molecule has 1 heterocycles. The first-order chi connectivity index (χ1) is 12.2. The van der Waals surface area contributed by atoms with Gasteiger partial charge in [-0.1, -0.05) is 12.8 Å². The number of amides is 1. The highest BCUT2D eigenvalue weighted by Gasteiger charge is 2.65. The molecule has 3 atom stereocenters. The number of hydrogen-bond donors (Lipinski definition) is 3. The van der Waals surface area contributed by atoms with Gasteiger partial charge in [0.15, 0.2) is 5.96 Å². The van der Waals surface area contributed by atoms with Crippen molar-refractivity contribution in [3.63, 3.8) is 0 Å². The molecule has 0 aromatic heterocycles. The summed E-state index contributed by atoms with van der Waals surface area (Å²) in [5, 5.41) is 10.1. The standard InChI is InChI=1S/C19H32N4O2/c1-2-20-18(22-11-10-21-17(24)13-5-6-13)23-15-14-7-12-25-16(14)19(15)8-3-4-9-19/h13-16H,2-12H2,1H3,(H,21,24)(H2,20,22,23). The van der Waals surface area contributed by atoms with Crippen LogP contribution in [0, 0.1) is 17.3 Å². The zero-order valence-electron chi connectivity index (χ0n) is 15.4. The summed E-state index contributed by atoms with van der Waals surface area (Å²) in [4.78, 5) is 16.4. The second-order valence-corrected chi connectivity index (χ2v) is 8.13. The maximum absolute atomic E-state index is 11.7. The Balaban J connectivity index is 1.33. The molecule has 140 valence electrons. The van der Waals surface area contributed by atoms with Crippen molar-refractivity contribution < 1.29 is 9.53 Å². The fourth-order valence-corrected chi connectivity index (χ4v) is 5.21. The third-order valence-electron chi connectivity index (χ3n) is 6.55. The van der Waals surface area contributed by atoms with Crippen LogP contribution in [0.25, 0.3) is 0 Å². The lowest BCUT2D eigenvalue weighted by Crippen LogP contribution is -2.69. The van der Waals surface area contributed by atoms with E-state index in [1.54, 1.807) is 0 Å². The number of rotatable bonds is 6. The molecule has 3 unspecified atom stereocenters. The maximum Gasteiger partial charge on any atom is 0.223 e. The second kappa shape index (κ2) is 7.14. The molecule has 3 N–H and O–H groups in total. The number of hydrogen-bond acceptors (Lipinski definition) is 3. The minimum Gasteiger partial charge on any atom is -0.377 e. The van der Waals surface area contributed by atoms with Crippen LogP contribution in [0.1, 0.15) is 51.9 Å². The monoisotopic (exact) mass is 348 g/mol. The molecule has 4 rings (SSSR count). The van der Waals surface area contributed by atoms with E-state index in [0.717, 1.165) is 32.0 Å². The third-order valence-corrected chi connectivity index (χ3v) is 6.55. The summed E-state index contributed by atoms with van der Waals surface area (Å²) in [7, 11) is 0. The van der Waals surface area contributed by atoms with Crippen molar-refractivity contribution in [2.75, 3.05) is 26.2 Å². The van der Waals surface area contributed by atoms with E-state index >= 15 is 0 Å². The van der Waals surface area contributed by atoms with Gasteiger partial charge in [0.1, 0.15) is 0 Å². The zero-order chi connectivity index (χ0) is 17.3. The quantitative estimate of drug-likeness (QED) is 0.385. The number of nitrogens with one attached hydrogen (secondary N) is 3. The molecular formula is C19H32N4O2. The first kappa shape index (κ1) is 17.1. The van der Waals surface area contributed by atoms with Crippen LogP contribution < -0.4 is 16.0 Å².